The first-order valence-electron chi connectivity index (χ1n) is 5.97. The summed E-state index contributed by atoms with van der Waals surface area (Å²) < 4.78 is 0. The number of imide groups is 1. The Hall–Kier alpha value is -1.43. The third-order valence-corrected chi connectivity index (χ3v) is 3.32. The zero-order valence-corrected chi connectivity index (χ0v) is 9.86. The summed E-state index contributed by atoms with van der Waals surface area (Å²) in [5.41, 5.74) is 0. The number of carbonyl (C=O) groups is 3. The van der Waals surface area contributed by atoms with Gasteiger partial charge in [0, 0.05) is 0 Å². The number of nitrogens with zero attached hydrogens (tertiary/aromatic N) is 1. The van der Waals surface area contributed by atoms with E-state index in [0.717, 1.165) is 25.8 Å². The fraction of sp³-hybridized carbons (Fsp3) is 0.727. The van der Waals surface area contributed by atoms with E-state index in [4.69, 9.17) is 0 Å². The Morgan fingerprint density at radius 2 is 2.12 bits per heavy atom. The minimum Gasteiger partial charge on any atom is -0.320 e. The van der Waals surface area contributed by atoms with Crippen molar-refractivity contribution in [3.8, 4) is 0 Å². The molecule has 0 aromatic rings. The van der Waals surface area contributed by atoms with E-state index in [-0.39, 0.29) is 18.5 Å². The van der Waals surface area contributed by atoms with Crippen LogP contribution in [0.5, 0.6) is 0 Å². The average molecular weight is 239 g/mol. The van der Waals surface area contributed by atoms with Crippen molar-refractivity contribution in [1.29, 1.82) is 0 Å². The number of piperazine rings is 1. The van der Waals surface area contributed by atoms with Crippen LogP contribution in [-0.2, 0) is 14.4 Å². The second kappa shape index (κ2) is 4.83. The molecular weight excluding hydrogens is 222 g/mol. The molecular formula is C11H17N3O3. The van der Waals surface area contributed by atoms with Gasteiger partial charge in [0.15, 0.2) is 0 Å². The van der Waals surface area contributed by atoms with Gasteiger partial charge in [0.25, 0.3) is 0 Å². The van der Waals surface area contributed by atoms with Gasteiger partial charge in [0.05, 0.1) is 6.04 Å². The molecule has 2 fully saturated rings. The second-order valence-electron chi connectivity index (χ2n) is 4.56. The highest BCUT2D eigenvalue weighted by Crippen LogP contribution is 2.13. The number of hydrogen-bond donors (Lipinski definition) is 2. The van der Waals surface area contributed by atoms with Crippen molar-refractivity contribution in [2.45, 2.75) is 38.3 Å². The maximum atomic E-state index is 12.2. The molecule has 6 nitrogen and oxygen atoms in total. The molecule has 0 spiro atoms. The fourth-order valence-corrected chi connectivity index (χ4v) is 2.25. The van der Waals surface area contributed by atoms with Gasteiger partial charge in [0.2, 0.25) is 17.7 Å². The number of nitrogens with one attached hydrogen (secondary N) is 2. The van der Waals surface area contributed by atoms with E-state index in [2.05, 4.69) is 10.6 Å². The van der Waals surface area contributed by atoms with Crippen molar-refractivity contribution >= 4 is 17.7 Å². The Morgan fingerprint density at radius 1 is 1.35 bits per heavy atom. The highest BCUT2D eigenvalue weighted by Gasteiger charge is 2.36. The van der Waals surface area contributed by atoms with Crippen LogP contribution in [0, 0.1) is 0 Å². The van der Waals surface area contributed by atoms with Crippen LogP contribution in [0.4, 0.5) is 0 Å². The van der Waals surface area contributed by atoms with E-state index in [1.165, 1.54) is 4.90 Å². The number of hydrogen-bond acceptors (Lipinski definition) is 4. The van der Waals surface area contributed by atoms with Gasteiger partial charge in [-0.1, -0.05) is 6.42 Å². The minimum atomic E-state index is -0.566. The molecule has 94 valence electrons. The lowest BCUT2D eigenvalue weighted by molar-refractivity contribution is -0.150. The van der Waals surface area contributed by atoms with E-state index in [0.29, 0.717) is 0 Å². The standard InChI is InChI=1S/C11H17N3O3/c1-7-10(16)13-9(15)6-14(7)11(17)8-4-2-3-5-12-8/h7-8,12H,2-6H2,1H3,(H,13,15,16)/t7?,8-/m1/s1. The van der Waals surface area contributed by atoms with Gasteiger partial charge in [-0.25, -0.2) is 0 Å². The second-order valence-corrected chi connectivity index (χ2v) is 4.56. The number of rotatable bonds is 1. The predicted molar refractivity (Wildman–Crippen MR) is 60.0 cm³/mol. The molecule has 2 N–H and O–H groups in total. The molecule has 0 radical (unpaired) electrons. The summed E-state index contributed by atoms with van der Waals surface area (Å²) in [6, 6.07) is -0.811. The van der Waals surface area contributed by atoms with Gasteiger partial charge in [0.1, 0.15) is 12.6 Å². The molecule has 2 aliphatic heterocycles. The van der Waals surface area contributed by atoms with Gasteiger partial charge < -0.3 is 10.2 Å². The molecule has 2 rings (SSSR count). The van der Waals surface area contributed by atoms with Gasteiger partial charge >= 0.3 is 0 Å². The van der Waals surface area contributed by atoms with Gasteiger partial charge in [-0.05, 0) is 26.3 Å². The highest BCUT2D eigenvalue weighted by atomic mass is 16.2. The summed E-state index contributed by atoms with van der Waals surface area (Å²) in [6.45, 7) is 2.44. The zero-order valence-electron chi connectivity index (χ0n) is 9.86. The smallest absolute Gasteiger partial charge is 0.249 e. The predicted octanol–water partition coefficient (Wildman–Crippen LogP) is -0.998. The SMILES string of the molecule is CC1C(=O)NC(=O)CN1C(=O)[C@H]1CCCCN1. The monoisotopic (exact) mass is 239 g/mol. The van der Waals surface area contributed by atoms with Crippen molar-refractivity contribution in [2.75, 3.05) is 13.1 Å². The zero-order chi connectivity index (χ0) is 12.4. The number of amides is 3. The van der Waals surface area contributed by atoms with Gasteiger partial charge in [-0.15, -0.1) is 0 Å². The van der Waals surface area contributed by atoms with Crippen LogP contribution in [0.15, 0.2) is 0 Å². The molecule has 0 saturated carbocycles. The van der Waals surface area contributed by atoms with Crippen molar-refractivity contribution in [1.82, 2.24) is 15.5 Å². The van der Waals surface area contributed by atoms with Crippen LogP contribution in [0.25, 0.3) is 0 Å². The minimum absolute atomic E-state index is 0.0239. The lowest BCUT2D eigenvalue weighted by Crippen LogP contribution is -2.62. The largest absolute Gasteiger partial charge is 0.320 e. The van der Waals surface area contributed by atoms with Crippen LogP contribution in [0.2, 0.25) is 0 Å². The Balaban J connectivity index is 2.06. The molecule has 2 heterocycles. The Morgan fingerprint density at radius 3 is 2.76 bits per heavy atom. The Kier molecular flexibility index (Phi) is 3.42. The maximum absolute atomic E-state index is 12.2. The summed E-state index contributed by atoms with van der Waals surface area (Å²) in [7, 11) is 0. The van der Waals surface area contributed by atoms with E-state index in [1.807, 2.05) is 0 Å². The molecule has 0 aromatic heterocycles. The topological polar surface area (TPSA) is 78.5 Å². The maximum Gasteiger partial charge on any atom is 0.249 e. The van der Waals surface area contributed by atoms with Crippen molar-refractivity contribution in [3.05, 3.63) is 0 Å². The summed E-state index contributed by atoms with van der Waals surface area (Å²) in [6.07, 6.45) is 2.85. The van der Waals surface area contributed by atoms with Crippen molar-refractivity contribution < 1.29 is 14.4 Å². The molecule has 0 bridgehead atoms. The van der Waals surface area contributed by atoms with Gasteiger partial charge in [-0.2, -0.15) is 0 Å². The van der Waals surface area contributed by atoms with E-state index in [9.17, 15) is 14.4 Å². The molecule has 17 heavy (non-hydrogen) atoms. The van der Waals surface area contributed by atoms with Crippen molar-refractivity contribution in [2.24, 2.45) is 0 Å². The van der Waals surface area contributed by atoms with Crippen LogP contribution in [0.1, 0.15) is 26.2 Å². The highest BCUT2D eigenvalue weighted by molar-refractivity contribution is 6.04. The Labute approximate surface area is 99.7 Å². The van der Waals surface area contributed by atoms with E-state index >= 15 is 0 Å². The molecule has 2 saturated heterocycles. The quantitative estimate of drug-likeness (QED) is 0.575. The number of piperidine rings is 1. The van der Waals surface area contributed by atoms with E-state index in [1.54, 1.807) is 6.92 Å². The summed E-state index contributed by atoms with van der Waals surface area (Å²) in [5.74, 6) is -0.942. The normalized spacial score (nSPS) is 30.1. The van der Waals surface area contributed by atoms with Crippen LogP contribution < -0.4 is 10.6 Å². The third kappa shape index (κ3) is 2.46. The van der Waals surface area contributed by atoms with Crippen molar-refractivity contribution in [3.63, 3.8) is 0 Å². The first kappa shape index (κ1) is 12.0. The lowest BCUT2D eigenvalue weighted by Gasteiger charge is -2.35. The molecule has 2 atom stereocenters. The molecule has 2 aliphatic rings. The molecule has 6 heteroatoms. The molecule has 0 aliphatic carbocycles. The lowest BCUT2D eigenvalue weighted by atomic mass is 10.0. The fourth-order valence-electron chi connectivity index (χ4n) is 2.25. The van der Waals surface area contributed by atoms with Gasteiger partial charge in [-0.3, -0.25) is 19.7 Å². The number of carbonyl (C=O) groups excluding carboxylic acids is 3. The average Bonchev–Trinajstić information content (AvgIpc) is 2.34. The first-order chi connectivity index (χ1) is 8.09. The third-order valence-electron chi connectivity index (χ3n) is 3.32. The summed E-state index contributed by atoms with van der Waals surface area (Å²) in [5, 5.41) is 5.36. The van der Waals surface area contributed by atoms with Crippen LogP contribution >= 0.6 is 0 Å². The van der Waals surface area contributed by atoms with E-state index < -0.39 is 17.9 Å². The summed E-state index contributed by atoms with van der Waals surface area (Å²) in [4.78, 5) is 36.3. The first-order valence-corrected chi connectivity index (χ1v) is 5.97. The molecule has 0 aromatic carbocycles. The van der Waals surface area contributed by atoms with Crippen LogP contribution in [0.3, 0.4) is 0 Å². The molecule has 3 amide bonds. The molecule has 1 unspecified atom stereocenters. The summed E-state index contributed by atoms with van der Waals surface area (Å²) >= 11 is 0. The van der Waals surface area contributed by atoms with Crippen LogP contribution in [-0.4, -0.2) is 47.8 Å². The Bertz CT molecular complexity index is 350.